The van der Waals surface area contributed by atoms with Crippen molar-refractivity contribution in [3.63, 3.8) is 0 Å². The average molecular weight is 178 g/mol. The molecular formula is C10H14N2O. The summed E-state index contributed by atoms with van der Waals surface area (Å²) in [5.74, 6) is 0. The van der Waals surface area contributed by atoms with Crippen LogP contribution in [0.4, 0.5) is 0 Å². The molecule has 13 heavy (non-hydrogen) atoms. The molecule has 1 saturated heterocycles. The molecule has 1 aromatic rings. The third-order valence-electron chi connectivity index (χ3n) is 2.15. The summed E-state index contributed by atoms with van der Waals surface area (Å²) in [7, 11) is 1.99. The number of ether oxygens (including phenoxy) is 1. The minimum absolute atomic E-state index is 0.0381. The van der Waals surface area contributed by atoms with Crippen LogP contribution in [0.5, 0.6) is 0 Å². The second-order valence-corrected chi connectivity index (χ2v) is 3.28. The highest BCUT2D eigenvalue weighted by Gasteiger charge is 2.27. The molecule has 2 atom stereocenters. The van der Waals surface area contributed by atoms with Crippen LogP contribution >= 0.6 is 0 Å². The van der Waals surface area contributed by atoms with E-state index in [9.17, 15) is 0 Å². The van der Waals surface area contributed by atoms with E-state index < -0.39 is 0 Å². The molecule has 0 aliphatic carbocycles. The Labute approximate surface area is 78.3 Å². The van der Waals surface area contributed by atoms with Crippen molar-refractivity contribution in [1.29, 1.82) is 0 Å². The second-order valence-electron chi connectivity index (χ2n) is 3.28. The zero-order chi connectivity index (χ0) is 9.26. The monoisotopic (exact) mass is 178 g/mol. The Kier molecular flexibility index (Phi) is 2.31. The molecule has 0 saturated carbocycles. The van der Waals surface area contributed by atoms with Gasteiger partial charge in [0.15, 0.2) is 6.23 Å². The highest BCUT2D eigenvalue weighted by Crippen LogP contribution is 2.24. The van der Waals surface area contributed by atoms with E-state index in [1.165, 1.54) is 5.56 Å². The van der Waals surface area contributed by atoms with Crippen molar-refractivity contribution in [2.24, 2.45) is 0 Å². The van der Waals surface area contributed by atoms with Crippen molar-refractivity contribution >= 4 is 0 Å². The van der Waals surface area contributed by atoms with Gasteiger partial charge in [-0.2, -0.15) is 0 Å². The number of hydrazine groups is 1. The van der Waals surface area contributed by atoms with E-state index in [-0.39, 0.29) is 12.5 Å². The van der Waals surface area contributed by atoms with Crippen LogP contribution in [0, 0.1) is 0 Å². The van der Waals surface area contributed by atoms with Gasteiger partial charge in [0.2, 0.25) is 0 Å². The summed E-state index contributed by atoms with van der Waals surface area (Å²) < 4.78 is 5.67. The van der Waals surface area contributed by atoms with Crippen molar-refractivity contribution in [2.75, 3.05) is 7.05 Å². The first-order valence-corrected chi connectivity index (χ1v) is 4.47. The van der Waals surface area contributed by atoms with Gasteiger partial charge in [0.05, 0.1) is 0 Å². The quantitative estimate of drug-likeness (QED) is 0.705. The molecular weight excluding hydrogens is 164 g/mol. The van der Waals surface area contributed by atoms with Gasteiger partial charge in [0.1, 0.15) is 6.23 Å². The van der Waals surface area contributed by atoms with Gasteiger partial charge >= 0.3 is 0 Å². The molecule has 0 aromatic heterocycles. The Morgan fingerprint density at radius 1 is 1.31 bits per heavy atom. The maximum Gasteiger partial charge on any atom is 0.151 e. The Hall–Kier alpha value is -0.900. The fourth-order valence-corrected chi connectivity index (χ4v) is 1.59. The Morgan fingerprint density at radius 2 is 2.00 bits per heavy atom. The molecule has 3 nitrogen and oxygen atoms in total. The first kappa shape index (κ1) is 8.69. The van der Waals surface area contributed by atoms with Crippen molar-refractivity contribution in [3.8, 4) is 0 Å². The van der Waals surface area contributed by atoms with Crippen molar-refractivity contribution in [3.05, 3.63) is 35.9 Å². The van der Waals surface area contributed by atoms with Crippen LogP contribution < -0.4 is 5.43 Å². The lowest BCUT2D eigenvalue weighted by Crippen LogP contribution is -2.31. The van der Waals surface area contributed by atoms with E-state index in [4.69, 9.17) is 4.74 Å². The predicted octanol–water partition coefficient (Wildman–Crippen LogP) is 1.50. The number of hydrogen-bond acceptors (Lipinski definition) is 3. The molecule has 1 N–H and O–H groups in total. The third kappa shape index (κ3) is 1.72. The van der Waals surface area contributed by atoms with Crippen LogP contribution in [0.2, 0.25) is 0 Å². The molecule has 1 aliphatic rings. The molecule has 0 spiro atoms. The standard InChI is InChI=1S/C10H14N2O/c1-8-11-12(2)10(13-8)9-6-4-3-5-7-9/h3-8,10-11H,1-2H3/t8-,10?/m1/s1. The first-order valence-electron chi connectivity index (χ1n) is 4.47. The summed E-state index contributed by atoms with van der Waals surface area (Å²) in [6, 6.07) is 10.2. The fraction of sp³-hybridized carbons (Fsp3) is 0.400. The van der Waals surface area contributed by atoms with Gasteiger partial charge in [-0.25, -0.2) is 10.4 Å². The van der Waals surface area contributed by atoms with Gasteiger partial charge in [-0.1, -0.05) is 30.3 Å². The topological polar surface area (TPSA) is 24.5 Å². The van der Waals surface area contributed by atoms with Crippen LogP contribution in [-0.2, 0) is 4.74 Å². The smallest absolute Gasteiger partial charge is 0.151 e. The predicted molar refractivity (Wildman–Crippen MR) is 50.6 cm³/mol. The first-order chi connectivity index (χ1) is 6.27. The molecule has 1 aromatic carbocycles. The van der Waals surface area contributed by atoms with Crippen molar-refractivity contribution in [2.45, 2.75) is 19.4 Å². The van der Waals surface area contributed by atoms with Crippen LogP contribution in [0.25, 0.3) is 0 Å². The lowest BCUT2D eigenvalue weighted by atomic mass is 10.2. The minimum Gasteiger partial charge on any atom is -0.339 e. The highest BCUT2D eigenvalue weighted by atomic mass is 16.6. The van der Waals surface area contributed by atoms with Gasteiger partial charge < -0.3 is 4.74 Å². The summed E-state index contributed by atoms with van der Waals surface area (Å²) in [5.41, 5.74) is 4.36. The maximum atomic E-state index is 5.67. The number of nitrogens with zero attached hydrogens (tertiary/aromatic N) is 1. The molecule has 0 amide bonds. The third-order valence-corrected chi connectivity index (χ3v) is 2.15. The van der Waals surface area contributed by atoms with Gasteiger partial charge in [-0.3, -0.25) is 0 Å². The summed E-state index contributed by atoms with van der Waals surface area (Å²) in [5, 5.41) is 1.99. The largest absolute Gasteiger partial charge is 0.339 e. The van der Waals surface area contributed by atoms with Crippen LogP contribution in [-0.4, -0.2) is 18.3 Å². The van der Waals surface area contributed by atoms with E-state index >= 15 is 0 Å². The number of benzene rings is 1. The Balaban J connectivity index is 2.18. The fourth-order valence-electron chi connectivity index (χ4n) is 1.59. The summed E-state index contributed by atoms with van der Waals surface area (Å²) in [6.07, 6.45) is 0.131. The molecule has 0 bridgehead atoms. The van der Waals surface area contributed by atoms with E-state index in [2.05, 4.69) is 17.6 Å². The van der Waals surface area contributed by atoms with Crippen LogP contribution in [0.15, 0.2) is 30.3 Å². The molecule has 2 rings (SSSR count). The molecule has 1 aliphatic heterocycles. The van der Waals surface area contributed by atoms with E-state index in [1.54, 1.807) is 0 Å². The van der Waals surface area contributed by atoms with Crippen molar-refractivity contribution in [1.82, 2.24) is 10.4 Å². The summed E-state index contributed by atoms with van der Waals surface area (Å²) in [4.78, 5) is 0. The average Bonchev–Trinajstić information content (AvgIpc) is 2.47. The SMILES string of the molecule is C[C@@H]1NN(C)C(c2ccccc2)O1. The minimum atomic E-state index is 0.0381. The van der Waals surface area contributed by atoms with Gasteiger partial charge in [0, 0.05) is 7.05 Å². The van der Waals surface area contributed by atoms with E-state index in [0.717, 1.165) is 0 Å². The second kappa shape index (κ2) is 3.46. The zero-order valence-electron chi connectivity index (χ0n) is 7.90. The normalized spacial score (nSPS) is 29.4. The number of nitrogens with one attached hydrogen (secondary N) is 1. The van der Waals surface area contributed by atoms with Gasteiger partial charge in [-0.05, 0) is 12.5 Å². The Bertz CT molecular complexity index is 276. The molecule has 1 unspecified atom stereocenters. The van der Waals surface area contributed by atoms with Crippen LogP contribution in [0.1, 0.15) is 18.7 Å². The molecule has 0 radical (unpaired) electrons. The summed E-state index contributed by atoms with van der Waals surface area (Å²) in [6.45, 7) is 2.00. The molecule has 1 fully saturated rings. The lowest BCUT2D eigenvalue weighted by molar-refractivity contribution is 0.0131. The van der Waals surface area contributed by atoms with Gasteiger partial charge in [0.25, 0.3) is 0 Å². The van der Waals surface area contributed by atoms with E-state index in [0.29, 0.717) is 0 Å². The van der Waals surface area contributed by atoms with E-state index in [1.807, 2.05) is 37.2 Å². The molecule has 70 valence electrons. The zero-order valence-corrected chi connectivity index (χ0v) is 7.90. The maximum absolute atomic E-state index is 5.67. The highest BCUT2D eigenvalue weighted by molar-refractivity contribution is 5.17. The van der Waals surface area contributed by atoms with Crippen molar-refractivity contribution < 1.29 is 4.74 Å². The molecule has 3 heteroatoms. The number of rotatable bonds is 1. The lowest BCUT2D eigenvalue weighted by Gasteiger charge is -2.16. The van der Waals surface area contributed by atoms with Gasteiger partial charge in [-0.15, -0.1) is 0 Å². The summed E-state index contributed by atoms with van der Waals surface area (Å²) >= 11 is 0. The van der Waals surface area contributed by atoms with Crippen LogP contribution in [0.3, 0.4) is 0 Å². The number of hydrogen-bond donors (Lipinski definition) is 1. The Morgan fingerprint density at radius 3 is 2.54 bits per heavy atom. The molecule has 1 heterocycles.